The predicted octanol–water partition coefficient (Wildman–Crippen LogP) is 0.479. The molecule has 1 aliphatic rings. The number of likely N-dealkylation sites (N-methyl/N-ethyl adjacent to an activating group) is 1. The molecule has 0 aromatic heterocycles. The van der Waals surface area contributed by atoms with E-state index >= 15 is 0 Å². The van der Waals surface area contributed by atoms with Crippen LogP contribution in [0.15, 0.2) is 0 Å². The van der Waals surface area contributed by atoms with E-state index in [0.29, 0.717) is 19.2 Å². The molecule has 0 aliphatic carbocycles. The number of methoxy groups -OCH3 is 1. The van der Waals surface area contributed by atoms with Gasteiger partial charge in [-0.15, -0.1) is 0 Å². The molecule has 1 amide bonds. The Bertz CT molecular complexity index is 209. The van der Waals surface area contributed by atoms with Gasteiger partial charge in [-0.2, -0.15) is 0 Å². The molecule has 0 bridgehead atoms. The van der Waals surface area contributed by atoms with E-state index in [1.807, 2.05) is 7.05 Å². The highest BCUT2D eigenvalue weighted by Gasteiger charge is 2.29. The second-order valence-corrected chi connectivity index (χ2v) is 4.24. The zero-order chi connectivity index (χ0) is 11.3. The second kappa shape index (κ2) is 6.08. The summed E-state index contributed by atoms with van der Waals surface area (Å²) >= 11 is 0. The van der Waals surface area contributed by atoms with E-state index in [0.717, 1.165) is 19.4 Å². The first-order chi connectivity index (χ1) is 7.16. The van der Waals surface area contributed by atoms with Crippen molar-refractivity contribution in [2.45, 2.75) is 25.8 Å². The van der Waals surface area contributed by atoms with Crippen molar-refractivity contribution in [3.05, 3.63) is 0 Å². The SMILES string of the molecule is COCCN(C)C(=O)[C@@H]1CCCN[C@@H]1C. The number of hydrogen-bond acceptors (Lipinski definition) is 3. The summed E-state index contributed by atoms with van der Waals surface area (Å²) in [5.41, 5.74) is 0. The van der Waals surface area contributed by atoms with E-state index in [2.05, 4.69) is 12.2 Å². The molecule has 1 rings (SSSR count). The van der Waals surface area contributed by atoms with Crippen molar-refractivity contribution >= 4 is 5.91 Å². The molecular formula is C11H22N2O2. The van der Waals surface area contributed by atoms with Gasteiger partial charge in [-0.1, -0.05) is 0 Å². The van der Waals surface area contributed by atoms with Crippen molar-refractivity contribution in [2.75, 3.05) is 33.9 Å². The molecule has 2 atom stereocenters. The molecule has 0 radical (unpaired) electrons. The number of nitrogens with one attached hydrogen (secondary N) is 1. The zero-order valence-electron chi connectivity index (χ0n) is 9.95. The van der Waals surface area contributed by atoms with Crippen LogP contribution in [-0.4, -0.2) is 50.7 Å². The fraction of sp³-hybridized carbons (Fsp3) is 0.909. The lowest BCUT2D eigenvalue weighted by atomic mass is 9.91. The number of carbonyl (C=O) groups excluding carboxylic acids is 1. The maximum absolute atomic E-state index is 12.0. The number of nitrogens with zero attached hydrogens (tertiary/aromatic N) is 1. The molecule has 15 heavy (non-hydrogen) atoms. The summed E-state index contributed by atoms with van der Waals surface area (Å²) in [7, 11) is 3.51. The largest absolute Gasteiger partial charge is 0.383 e. The summed E-state index contributed by atoms with van der Waals surface area (Å²) in [6.45, 7) is 4.41. The Morgan fingerprint density at radius 2 is 2.33 bits per heavy atom. The van der Waals surface area contributed by atoms with E-state index < -0.39 is 0 Å². The summed E-state index contributed by atoms with van der Waals surface area (Å²) in [6, 6.07) is 0.302. The minimum Gasteiger partial charge on any atom is -0.383 e. The van der Waals surface area contributed by atoms with Crippen LogP contribution < -0.4 is 5.32 Å². The number of rotatable bonds is 4. The van der Waals surface area contributed by atoms with E-state index in [1.54, 1.807) is 12.0 Å². The molecule has 1 fully saturated rings. The van der Waals surface area contributed by atoms with Crippen LogP contribution in [-0.2, 0) is 9.53 Å². The molecule has 1 aliphatic heterocycles. The molecule has 0 aromatic rings. The quantitative estimate of drug-likeness (QED) is 0.740. The third-order valence-electron chi connectivity index (χ3n) is 3.09. The first-order valence-electron chi connectivity index (χ1n) is 5.64. The van der Waals surface area contributed by atoms with Gasteiger partial charge in [0.15, 0.2) is 0 Å². The summed E-state index contributed by atoms with van der Waals surface area (Å²) in [6.07, 6.45) is 2.10. The van der Waals surface area contributed by atoms with Crippen molar-refractivity contribution in [3.63, 3.8) is 0 Å². The Morgan fingerprint density at radius 1 is 1.60 bits per heavy atom. The van der Waals surface area contributed by atoms with Crippen molar-refractivity contribution < 1.29 is 9.53 Å². The Morgan fingerprint density at radius 3 is 2.93 bits per heavy atom. The van der Waals surface area contributed by atoms with Gasteiger partial charge >= 0.3 is 0 Å². The zero-order valence-corrected chi connectivity index (χ0v) is 9.95. The number of hydrogen-bond donors (Lipinski definition) is 1. The molecule has 0 unspecified atom stereocenters. The summed E-state index contributed by atoms with van der Waals surface area (Å²) in [5.74, 6) is 0.382. The molecule has 4 heteroatoms. The summed E-state index contributed by atoms with van der Waals surface area (Å²) in [5, 5.41) is 3.35. The van der Waals surface area contributed by atoms with E-state index in [9.17, 15) is 4.79 Å². The molecule has 88 valence electrons. The van der Waals surface area contributed by atoms with Crippen LogP contribution in [0, 0.1) is 5.92 Å². The first-order valence-corrected chi connectivity index (χ1v) is 5.64. The van der Waals surface area contributed by atoms with Crippen molar-refractivity contribution in [1.29, 1.82) is 0 Å². The van der Waals surface area contributed by atoms with E-state index in [-0.39, 0.29) is 11.8 Å². The smallest absolute Gasteiger partial charge is 0.227 e. The number of piperidine rings is 1. The third kappa shape index (κ3) is 3.47. The molecule has 0 aromatic carbocycles. The molecule has 0 saturated carbocycles. The number of ether oxygens (including phenoxy) is 1. The predicted molar refractivity (Wildman–Crippen MR) is 59.7 cm³/mol. The molecule has 1 heterocycles. The van der Waals surface area contributed by atoms with Crippen molar-refractivity contribution in [3.8, 4) is 0 Å². The summed E-state index contributed by atoms with van der Waals surface area (Å²) < 4.78 is 4.97. The van der Waals surface area contributed by atoms with Gasteiger partial charge in [-0.25, -0.2) is 0 Å². The topological polar surface area (TPSA) is 41.6 Å². The highest BCUT2D eigenvalue weighted by Crippen LogP contribution is 2.18. The van der Waals surface area contributed by atoms with Crippen LogP contribution in [0.25, 0.3) is 0 Å². The lowest BCUT2D eigenvalue weighted by Crippen LogP contribution is -2.47. The van der Waals surface area contributed by atoms with E-state index in [1.165, 1.54) is 0 Å². The van der Waals surface area contributed by atoms with Gasteiger partial charge < -0.3 is 15.0 Å². The fourth-order valence-electron chi connectivity index (χ4n) is 2.00. The monoisotopic (exact) mass is 214 g/mol. The lowest BCUT2D eigenvalue weighted by Gasteiger charge is -2.32. The Labute approximate surface area is 92.0 Å². The van der Waals surface area contributed by atoms with Crippen LogP contribution >= 0.6 is 0 Å². The number of carbonyl (C=O) groups is 1. The Balaban J connectivity index is 2.43. The second-order valence-electron chi connectivity index (χ2n) is 4.24. The lowest BCUT2D eigenvalue weighted by molar-refractivity contribution is -0.136. The van der Waals surface area contributed by atoms with Gasteiger partial charge in [0.25, 0.3) is 0 Å². The van der Waals surface area contributed by atoms with Gasteiger partial charge in [-0.3, -0.25) is 4.79 Å². The van der Waals surface area contributed by atoms with Crippen LogP contribution in [0.4, 0.5) is 0 Å². The average Bonchev–Trinajstić information content (AvgIpc) is 2.25. The Kier molecular flexibility index (Phi) is 5.05. The van der Waals surface area contributed by atoms with Crippen molar-refractivity contribution in [2.24, 2.45) is 5.92 Å². The van der Waals surface area contributed by atoms with Gasteiger partial charge in [0, 0.05) is 26.7 Å². The molecule has 4 nitrogen and oxygen atoms in total. The van der Waals surface area contributed by atoms with Crippen LogP contribution in [0.1, 0.15) is 19.8 Å². The van der Waals surface area contributed by atoms with Gasteiger partial charge in [-0.05, 0) is 26.3 Å². The van der Waals surface area contributed by atoms with Crippen LogP contribution in [0.2, 0.25) is 0 Å². The molecule has 1 saturated heterocycles. The fourth-order valence-corrected chi connectivity index (χ4v) is 2.00. The van der Waals surface area contributed by atoms with Gasteiger partial charge in [0.2, 0.25) is 5.91 Å². The van der Waals surface area contributed by atoms with Crippen LogP contribution in [0.5, 0.6) is 0 Å². The van der Waals surface area contributed by atoms with Gasteiger partial charge in [0.1, 0.15) is 0 Å². The molecule has 1 N–H and O–H groups in total. The standard InChI is InChI=1S/C11H22N2O2/c1-9-10(5-4-6-12-9)11(14)13(2)7-8-15-3/h9-10,12H,4-8H2,1-3H3/t9-,10-/m1/s1. The maximum atomic E-state index is 12.0. The highest BCUT2D eigenvalue weighted by atomic mass is 16.5. The third-order valence-corrected chi connectivity index (χ3v) is 3.09. The van der Waals surface area contributed by atoms with Crippen LogP contribution in [0.3, 0.4) is 0 Å². The van der Waals surface area contributed by atoms with Gasteiger partial charge in [0.05, 0.1) is 12.5 Å². The summed E-state index contributed by atoms with van der Waals surface area (Å²) in [4.78, 5) is 13.8. The average molecular weight is 214 g/mol. The minimum atomic E-state index is 0.139. The molecule has 0 spiro atoms. The Hall–Kier alpha value is -0.610. The first kappa shape index (κ1) is 12.5. The van der Waals surface area contributed by atoms with E-state index in [4.69, 9.17) is 4.74 Å². The minimum absolute atomic E-state index is 0.139. The normalized spacial score (nSPS) is 26.3. The van der Waals surface area contributed by atoms with Crippen molar-refractivity contribution in [1.82, 2.24) is 10.2 Å². The number of amides is 1. The highest BCUT2D eigenvalue weighted by molar-refractivity contribution is 5.79. The maximum Gasteiger partial charge on any atom is 0.227 e. The molecular weight excluding hydrogens is 192 g/mol.